The Kier molecular flexibility index (Phi) is 4.29. The molecule has 0 spiro atoms. The Labute approximate surface area is 113 Å². The molecule has 2 saturated heterocycles. The first-order chi connectivity index (χ1) is 8.97. The van der Waals surface area contributed by atoms with Crippen LogP contribution in [0.2, 0.25) is 0 Å². The summed E-state index contributed by atoms with van der Waals surface area (Å²) in [5.74, 6) is -1.23. The normalized spacial score (nSPS) is 32.2. The molecule has 19 heavy (non-hydrogen) atoms. The Morgan fingerprint density at radius 3 is 2.32 bits per heavy atom. The van der Waals surface area contributed by atoms with Gasteiger partial charge >= 0.3 is 12.0 Å². The summed E-state index contributed by atoms with van der Waals surface area (Å²) in [4.78, 5) is 26.9. The predicted molar refractivity (Wildman–Crippen MR) is 68.9 cm³/mol. The van der Waals surface area contributed by atoms with Crippen LogP contribution in [0.3, 0.4) is 0 Å². The van der Waals surface area contributed by atoms with E-state index in [9.17, 15) is 9.59 Å². The number of urea groups is 1. The molecule has 2 rings (SSSR count). The predicted octanol–water partition coefficient (Wildman–Crippen LogP) is 1.01. The molecule has 0 saturated carbocycles. The largest absolute Gasteiger partial charge is 0.481 e. The van der Waals surface area contributed by atoms with Crippen molar-refractivity contribution in [3.63, 3.8) is 0 Å². The summed E-state index contributed by atoms with van der Waals surface area (Å²) in [6.07, 6.45) is 1.49. The standard InChI is InChI=1S/C13H22N2O4/c1-9-6-15(7-10(2)19-9)13(18)14-5-3-4-11(8-14)12(16)17/h9-11H,3-8H2,1-2H3,(H,16,17)/t9-,10+,11-/m1/s1. The fourth-order valence-corrected chi connectivity index (χ4v) is 2.89. The molecule has 0 radical (unpaired) electrons. The molecule has 2 fully saturated rings. The number of ether oxygens (including phenoxy) is 1. The summed E-state index contributed by atoms with van der Waals surface area (Å²) >= 11 is 0. The molecule has 0 bridgehead atoms. The molecular formula is C13H22N2O4. The van der Waals surface area contributed by atoms with Gasteiger partial charge in [0.05, 0.1) is 18.1 Å². The van der Waals surface area contributed by atoms with Crippen LogP contribution in [0, 0.1) is 5.92 Å². The van der Waals surface area contributed by atoms with E-state index in [0.717, 1.165) is 6.42 Å². The van der Waals surface area contributed by atoms with Gasteiger partial charge in [0.25, 0.3) is 0 Å². The van der Waals surface area contributed by atoms with E-state index in [1.807, 2.05) is 13.8 Å². The highest BCUT2D eigenvalue weighted by molar-refractivity contribution is 5.76. The van der Waals surface area contributed by atoms with Crippen molar-refractivity contribution in [3.05, 3.63) is 0 Å². The number of piperidine rings is 1. The SMILES string of the molecule is C[C@@H]1CN(C(=O)N2CCC[C@@H](C(=O)O)C2)C[C@H](C)O1. The quantitative estimate of drug-likeness (QED) is 0.772. The summed E-state index contributed by atoms with van der Waals surface area (Å²) in [5, 5.41) is 9.06. The van der Waals surface area contributed by atoms with Crippen molar-refractivity contribution >= 4 is 12.0 Å². The van der Waals surface area contributed by atoms with Gasteiger partial charge in [-0.2, -0.15) is 0 Å². The highest BCUT2D eigenvalue weighted by Crippen LogP contribution is 2.20. The molecule has 6 heteroatoms. The number of carbonyl (C=O) groups is 2. The number of carboxylic acids is 1. The Morgan fingerprint density at radius 2 is 1.74 bits per heavy atom. The van der Waals surface area contributed by atoms with E-state index in [1.165, 1.54) is 0 Å². The number of morpholine rings is 1. The summed E-state index contributed by atoms with van der Waals surface area (Å²) in [6.45, 7) is 6.05. The van der Waals surface area contributed by atoms with Gasteiger partial charge in [-0.15, -0.1) is 0 Å². The van der Waals surface area contributed by atoms with Crippen LogP contribution >= 0.6 is 0 Å². The number of hydrogen-bond donors (Lipinski definition) is 1. The average molecular weight is 270 g/mol. The average Bonchev–Trinajstić information content (AvgIpc) is 2.37. The van der Waals surface area contributed by atoms with Crippen molar-refractivity contribution < 1.29 is 19.4 Å². The maximum Gasteiger partial charge on any atom is 0.320 e. The van der Waals surface area contributed by atoms with Gasteiger partial charge in [-0.3, -0.25) is 4.79 Å². The smallest absolute Gasteiger partial charge is 0.320 e. The first kappa shape index (κ1) is 14.1. The van der Waals surface area contributed by atoms with Gasteiger partial charge in [-0.1, -0.05) is 0 Å². The molecule has 108 valence electrons. The van der Waals surface area contributed by atoms with Crippen LogP contribution in [0.4, 0.5) is 4.79 Å². The molecule has 0 aromatic rings. The molecule has 3 atom stereocenters. The fourth-order valence-electron chi connectivity index (χ4n) is 2.89. The molecule has 0 aromatic carbocycles. The molecule has 0 unspecified atom stereocenters. The minimum atomic E-state index is -0.804. The van der Waals surface area contributed by atoms with Gasteiger partial charge in [0.15, 0.2) is 0 Å². The molecule has 1 N–H and O–H groups in total. The zero-order valence-corrected chi connectivity index (χ0v) is 11.5. The van der Waals surface area contributed by atoms with Crippen LogP contribution in [-0.2, 0) is 9.53 Å². The number of carbonyl (C=O) groups excluding carboxylic acids is 1. The van der Waals surface area contributed by atoms with E-state index in [0.29, 0.717) is 32.6 Å². The zero-order chi connectivity index (χ0) is 14.0. The lowest BCUT2D eigenvalue weighted by atomic mass is 9.98. The molecule has 0 aliphatic carbocycles. The third-order valence-corrected chi connectivity index (χ3v) is 3.73. The van der Waals surface area contributed by atoms with Crippen LogP contribution in [-0.4, -0.2) is 65.3 Å². The number of aliphatic carboxylic acids is 1. The molecule has 2 aliphatic heterocycles. The van der Waals surface area contributed by atoms with Crippen molar-refractivity contribution in [1.82, 2.24) is 9.80 Å². The lowest BCUT2D eigenvalue weighted by Crippen LogP contribution is -2.55. The second kappa shape index (κ2) is 5.77. The molecule has 2 amide bonds. The summed E-state index contributed by atoms with van der Waals surface area (Å²) < 4.78 is 5.61. The zero-order valence-electron chi connectivity index (χ0n) is 11.5. The van der Waals surface area contributed by atoms with Crippen molar-refractivity contribution in [2.24, 2.45) is 5.92 Å². The molecular weight excluding hydrogens is 248 g/mol. The lowest BCUT2D eigenvalue weighted by Gasteiger charge is -2.40. The molecule has 2 aliphatic rings. The fraction of sp³-hybridized carbons (Fsp3) is 0.846. The number of amides is 2. The lowest BCUT2D eigenvalue weighted by molar-refractivity contribution is -0.143. The first-order valence-electron chi connectivity index (χ1n) is 6.89. The third kappa shape index (κ3) is 3.37. The summed E-state index contributed by atoms with van der Waals surface area (Å²) in [6, 6.07) is -0.0482. The van der Waals surface area contributed by atoms with Gasteiger partial charge < -0.3 is 19.6 Å². The van der Waals surface area contributed by atoms with E-state index in [2.05, 4.69) is 0 Å². The van der Waals surface area contributed by atoms with Gasteiger partial charge in [0, 0.05) is 26.2 Å². The number of likely N-dealkylation sites (tertiary alicyclic amines) is 1. The van der Waals surface area contributed by atoms with Crippen molar-refractivity contribution in [3.8, 4) is 0 Å². The second-order valence-electron chi connectivity index (χ2n) is 5.57. The van der Waals surface area contributed by atoms with E-state index in [-0.39, 0.29) is 18.2 Å². The molecule has 0 aromatic heterocycles. The van der Waals surface area contributed by atoms with E-state index >= 15 is 0 Å². The van der Waals surface area contributed by atoms with Crippen molar-refractivity contribution in [1.29, 1.82) is 0 Å². The van der Waals surface area contributed by atoms with Crippen LogP contribution in [0.1, 0.15) is 26.7 Å². The maximum atomic E-state index is 12.4. The molecule has 2 heterocycles. The first-order valence-corrected chi connectivity index (χ1v) is 6.89. The Balaban J connectivity index is 1.96. The van der Waals surface area contributed by atoms with Gasteiger partial charge in [0.2, 0.25) is 0 Å². The highest BCUT2D eigenvalue weighted by atomic mass is 16.5. The minimum Gasteiger partial charge on any atom is -0.481 e. The van der Waals surface area contributed by atoms with Crippen molar-refractivity contribution in [2.75, 3.05) is 26.2 Å². The number of hydrogen-bond acceptors (Lipinski definition) is 3. The highest BCUT2D eigenvalue weighted by Gasteiger charge is 2.33. The number of carboxylic acid groups (broad SMARTS) is 1. The number of rotatable bonds is 1. The minimum absolute atomic E-state index is 0.0350. The van der Waals surface area contributed by atoms with Crippen LogP contribution in [0.15, 0.2) is 0 Å². The topological polar surface area (TPSA) is 70.1 Å². The van der Waals surface area contributed by atoms with E-state index in [4.69, 9.17) is 9.84 Å². The van der Waals surface area contributed by atoms with E-state index < -0.39 is 11.9 Å². The maximum absolute atomic E-state index is 12.4. The third-order valence-electron chi connectivity index (χ3n) is 3.73. The monoisotopic (exact) mass is 270 g/mol. The van der Waals surface area contributed by atoms with Crippen LogP contribution < -0.4 is 0 Å². The number of nitrogens with zero attached hydrogens (tertiary/aromatic N) is 2. The van der Waals surface area contributed by atoms with Crippen LogP contribution in [0.5, 0.6) is 0 Å². The van der Waals surface area contributed by atoms with Gasteiger partial charge in [0.1, 0.15) is 0 Å². The summed E-state index contributed by atoms with van der Waals surface area (Å²) in [5.41, 5.74) is 0. The second-order valence-corrected chi connectivity index (χ2v) is 5.57. The Morgan fingerprint density at radius 1 is 1.11 bits per heavy atom. The van der Waals surface area contributed by atoms with Crippen LogP contribution in [0.25, 0.3) is 0 Å². The van der Waals surface area contributed by atoms with E-state index in [1.54, 1.807) is 9.80 Å². The Bertz CT molecular complexity index is 351. The van der Waals surface area contributed by atoms with Gasteiger partial charge in [-0.25, -0.2) is 4.79 Å². The van der Waals surface area contributed by atoms with Crippen molar-refractivity contribution in [2.45, 2.75) is 38.9 Å². The molecule has 6 nitrogen and oxygen atoms in total. The Hall–Kier alpha value is -1.30. The summed E-state index contributed by atoms with van der Waals surface area (Å²) in [7, 11) is 0. The van der Waals surface area contributed by atoms with Gasteiger partial charge in [-0.05, 0) is 26.7 Å².